The maximum atomic E-state index is 11.4. The Morgan fingerprint density at radius 1 is 1.33 bits per heavy atom. The number of rotatable bonds is 2. The first kappa shape index (κ1) is 12.5. The summed E-state index contributed by atoms with van der Waals surface area (Å²) < 4.78 is 1.51. The predicted octanol–water partition coefficient (Wildman–Crippen LogP) is 1.29. The van der Waals surface area contributed by atoms with Crippen molar-refractivity contribution in [3.63, 3.8) is 0 Å². The van der Waals surface area contributed by atoms with Gasteiger partial charge in [-0.1, -0.05) is 11.6 Å². The Balaban J connectivity index is 2.47. The Morgan fingerprint density at radius 2 is 2.06 bits per heavy atom. The number of carbonyl (C=O) groups is 1. The molecule has 2 aromatic rings. The highest BCUT2D eigenvalue weighted by Gasteiger charge is 2.13. The highest BCUT2D eigenvalue weighted by Crippen LogP contribution is 2.19. The predicted molar refractivity (Wildman–Crippen MR) is 67.0 cm³/mol. The third kappa shape index (κ3) is 2.06. The molecule has 6 nitrogen and oxygen atoms in total. The fourth-order valence-corrected chi connectivity index (χ4v) is 1.65. The van der Waals surface area contributed by atoms with Crippen LogP contribution < -0.4 is 5.32 Å². The van der Waals surface area contributed by atoms with Crippen molar-refractivity contribution in [3.05, 3.63) is 34.2 Å². The second-order valence-corrected chi connectivity index (χ2v) is 4.15. The summed E-state index contributed by atoms with van der Waals surface area (Å²) in [5, 5.41) is 14.9. The van der Waals surface area contributed by atoms with Gasteiger partial charge < -0.3 is 5.32 Å². The maximum Gasteiger partial charge on any atom is 0.271 e. The van der Waals surface area contributed by atoms with E-state index < -0.39 is 0 Å². The van der Waals surface area contributed by atoms with Crippen molar-refractivity contribution in [2.75, 3.05) is 7.05 Å². The van der Waals surface area contributed by atoms with Crippen LogP contribution in [0.2, 0.25) is 5.15 Å². The van der Waals surface area contributed by atoms with Crippen LogP contribution in [0.15, 0.2) is 12.3 Å². The van der Waals surface area contributed by atoms with Gasteiger partial charge in [0, 0.05) is 18.8 Å². The molecule has 0 atom stereocenters. The average Bonchev–Trinajstić information content (AvgIpc) is 2.84. The van der Waals surface area contributed by atoms with Crippen molar-refractivity contribution in [2.45, 2.75) is 13.8 Å². The molecule has 0 bridgehead atoms. The van der Waals surface area contributed by atoms with Gasteiger partial charge in [0.25, 0.3) is 5.91 Å². The summed E-state index contributed by atoms with van der Waals surface area (Å²) in [6.45, 7) is 3.74. The smallest absolute Gasteiger partial charge is 0.271 e. The fraction of sp³-hybridized carbons (Fsp3) is 0.273. The van der Waals surface area contributed by atoms with Gasteiger partial charge in [0.15, 0.2) is 16.7 Å². The summed E-state index contributed by atoms with van der Waals surface area (Å²) in [5.41, 5.74) is 2.05. The molecule has 94 valence electrons. The van der Waals surface area contributed by atoms with E-state index in [2.05, 4.69) is 20.6 Å². The third-order valence-corrected chi connectivity index (χ3v) is 3.06. The molecule has 1 amide bonds. The second kappa shape index (κ2) is 4.73. The monoisotopic (exact) mass is 265 g/mol. The maximum absolute atomic E-state index is 11.4. The lowest BCUT2D eigenvalue weighted by Crippen LogP contribution is -2.18. The molecule has 0 unspecified atom stereocenters. The van der Waals surface area contributed by atoms with Crippen LogP contribution in [0.1, 0.15) is 21.6 Å². The largest absolute Gasteiger partial charge is 0.354 e. The lowest BCUT2D eigenvalue weighted by atomic mass is 10.2. The topological polar surface area (TPSA) is 72.7 Å². The quantitative estimate of drug-likeness (QED) is 0.888. The van der Waals surface area contributed by atoms with Crippen molar-refractivity contribution in [1.82, 2.24) is 25.3 Å². The Bertz CT molecular complexity index is 607. The van der Waals surface area contributed by atoms with E-state index in [9.17, 15) is 4.79 Å². The molecule has 0 fully saturated rings. The van der Waals surface area contributed by atoms with Gasteiger partial charge in [0.2, 0.25) is 0 Å². The number of nitrogens with one attached hydrogen (secondary N) is 1. The van der Waals surface area contributed by atoms with Gasteiger partial charge in [0.1, 0.15) is 0 Å². The molecule has 2 rings (SSSR count). The highest BCUT2D eigenvalue weighted by molar-refractivity contribution is 6.30. The van der Waals surface area contributed by atoms with Gasteiger partial charge in [-0.25, -0.2) is 4.68 Å². The van der Waals surface area contributed by atoms with E-state index in [0.717, 1.165) is 11.1 Å². The summed E-state index contributed by atoms with van der Waals surface area (Å²) in [5.74, 6) is 0.317. The van der Waals surface area contributed by atoms with Crippen molar-refractivity contribution < 1.29 is 4.79 Å². The minimum Gasteiger partial charge on any atom is -0.354 e. The molecule has 18 heavy (non-hydrogen) atoms. The van der Waals surface area contributed by atoms with Crippen LogP contribution in [-0.4, -0.2) is 32.9 Å². The van der Waals surface area contributed by atoms with Crippen molar-refractivity contribution in [2.24, 2.45) is 0 Å². The first-order valence-corrected chi connectivity index (χ1v) is 5.70. The molecule has 0 radical (unpaired) electrons. The zero-order valence-corrected chi connectivity index (χ0v) is 11.0. The lowest BCUT2D eigenvalue weighted by Gasteiger charge is -2.07. The fourth-order valence-electron chi connectivity index (χ4n) is 1.47. The van der Waals surface area contributed by atoms with E-state index in [0.29, 0.717) is 16.7 Å². The van der Waals surface area contributed by atoms with Crippen molar-refractivity contribution in [3.8, 4) is 5.82 Å². The standard InChI is InChI=1S/C11H12ClN5O/c1-6-7(2)10(15-14-9(6)12)17-5-4-8(16-17)11(18)13-3/h4-5H,1-3H3,(H,13,18). The Kier molecular flexibility index (Phi) is 3.29. The molecule has 0 saturated carbocycles. The molecule has 0 aliphatic carbocycles. The van der Waals surface area contributed by atoms with Crippen molar-refractivity contribution >= 4 is 17.5 Å². The molecule has 1 N–H and O–H groups in total. The molecule has 0 aliphatic heterocycles. The van der Waals surface area contributed by atoms with Crippen LogP contribution in [0.25, 0.3) is 5.82 Å². The normalized spacial score (nSPS) is 10.4. The number of aromatic nitrogens is 4. The van der Waals surface area contributed by atoms with Gasteiger partial charge in [-0.2, -0.15) is 5.10 Å². The van der Waals surface area contributed by atoms with Gasteiger partial charge in [-0.3, -0.25) is 4.79 Å². The van der Waals surface area contributed by atoms with Gasteiger partial charge in [0.05, 0.1) is 0 Å². The summed E-state index contributed by atoms with van der Waals surface area (Å²) >= 11 is 5.88. The van der Waals surface area contributed by atoms with Crippen LogP contribution in [0.5, 0.6) is 0 Å². The second-order valence-electron chi connectivity index (χ2n) is 3.79. The molecule has 7 heteroatoms. The zero-order chi connectivity index (χ0) is 13.3. The van der Waals surface area contributed by atoms with Crippen molar-refractivity contribution in [1.29, 1.82) is 0 Å². The van der Waals surface area contributed by atoms with E-state index in [1.807, 2.05) is 13.8 Å². The highest BCUT2D eigenvalue weighted by atomic mass is 35.5. The third-order valence-electron chi connectivity index (χ3n) is 2.71. The lowest BCUT2D eigenvalue weighted by molar-refractivity contribution is 0.0957. The molecule has 2 aromatic heterocycles. The summed E-state index contributed by atoms with van der Waals surface area (Å²) in [4.78, 5) is 11.4. The molecule has 2 heterocycles. The van der Waals surface area contributed by atoms with Gasteiger partial charge >= 0.3 is 0 Å². The van der Waals surface area contributed by atoms with E-state index in [1.54, 1.807) is 19.3 Å². The van der Waals surface area contributed by atoms with Gasteiger partial charge in [-0.05, 0) is 25.5 Å². The SMILES string of the molecule is CNC(=O)c1ccn(-c2nnc(Cl)c(C)c2C)n1. The molecule has 0 aromatic carbocycles. The molecular weight excluding hydrogens is 254 g/mol. The molecule has 0 saturated heterocycles. The number of nitrogens with zero attached hydrogens (tertiary/aromatic N) is 4. The van der Waals surface area contributed by atoms with E-state index in [-0.39, 0.29) is 5.91 Å². The summed E-state index contributed by atoms with van der Waals surface area (Å²) in [7, 11) is 1.55. The van der Waals surface area contributed by atoms with E-state index in [4.69, 9.17) is 11.6 Å². The molecule has 0 aliphatic rings. The van der Waals surface area contributed by atoms with Crippen LogP contribution in [0, 0.1) is 13.8 Å². The Hall–Kier alpha value is -1.95. The number of hydrogen-bond acceptors (Lipinski definition) is 4. The van der Waals surface area contributed by atoms with Crippen LogP contribution in [0.3, 0.4) is 0 Å². The van der Waals surface area contributed by atoms with Crippen LogP contribution >= 0.6 is 11.6 Å². The first-order valence-electron chi connectivity index (χ1n) is 5.32. The van der Waals surface area contributed by atoms with E-state index in [1.165, 1.54) is 4.68 Å². The molecule has 0 spiro atoms. The molecular formula is C11H12ClN5O. The average molecular weight is 266 g/mol. The number of carbonyl (C=O) groups excluding carboxylic acids is 1. The number of amides is 1. The number of hydrogen-bond donors (Lipinski definition) is 1. The zero-order valence-electron chi connectivity index (χ0n) is 10.2. The Labute approximate surface area is 109 Å². The van der Waals surface area contributed by atoms with Crippen LogP contribution in [0.4, 0.5) is 0 Å². The summed E-state index contributed by atoms with van der Waals surface area (Å²) in [6.07, 6.45) is 1.66. The minimum atomic E-state index is -0.245. The minimum absolute atomic E-state index is 0.245. The van der Waals surface area contributed by atoms with Gasteiger partial charge in [-0.15, -0.1) is 10.2 Å². The summed E-state index contributed by atoms with van der Waals surface area (Å²) in [6, 6.07) is 1.61. The first-order chi connectivity index (χ1) is 8.54. The van der Waals surface area contributed by atoms with E-state index >= 15 is 0 Å². The van der Waals surface area contributed by atoms with Crippen LogP contribution in [-0.2, 0) is 0 Å². The number of halogens is 1. The Morgan fingerprint density at radius 3 is 2.72 bits per heavy atom.